The molecule has 1 aliphatic rings. The van der Waals surface area contributed by atoms with Gasteiger partial charge in [0.2, 0.25) is 0 Å². The van der Waals surface area contributed by atoms with Crippen LogP contribution in [0, 0.1) is 6.92 Å². The summed E-state index contributed by atoms with van der Waals surface area (Å²) in [6, 6.07) is 25.7. The minimum Gasteiger partial charge on any atom is -0.340 e. The van der Waals surface area contributed by atoms with Crippen LogP contribution in [0.3, 0.4) is 0 Å². The molecule has 3 aromatic carbocycles. The highest BCUT2D eigenvalue weighted by Gasteiger charge is 2.29. The molecule has 5 heteroatoms. The maximum absolute atomic E-state index is 13.2. The van der Waals surface area contributed by atoms with E-state index in [2.05, 4.69) is 28.7 Å². The van der Waals surface area contributed by atoms with Gasteiger partial charge in [0.25, 0.3) is 5.91 Å². The van der Waals surface area contributed by atoms with Crippen molar-refractivity contribution in [2.75, 3.05) is 5.01 Å². The summed E-state index contributed by atoms with van der Waals surface area (Å²) in [7, 11) is 0. The molecule has 1 amide bonds. The van der Waals surface area contributed by atoms with Gasteiger partial charge in [-0.25, -0.2) is 0 Å². The number of fused-ring (bicyclic) bond motifs is 1. The van der Waals surface area contributed by atoms with Gasteiger partial charge in [-0.05, 0) is 49.8 Å². The number of para-hydroxylation sites is 2. The molecule has 0 spiro atoms. The number of hydrogen-bond acceptors (Lipinski definition) is 2. The van der Waals surface area contributed by atoms with Crippen molar-refractivity contribution in [3.63, 3.8) is 0 Å². The Morgan fingerprint density at radius 2 is 1.59 bits per heavy atom. The van der Waals surface area contributed by atoms with Crippen LogP contribution >= 0.6 is 11.6 Å². The van der Waals surface area contributed by atoms with E-state index in [9.17, 15) is 4.79 Å². The van der Waals surface area contributed by atoms with E-state index in [1.54, 1.807) is 0 Å². The standard InChI is InChI=1S/C27H22ClN3O/c1-18-23(27(32)31(29-18)21-11-4-3-5-12-21)16-24-19(2)30(26-15-9-7-13-22(24)26)17-20-10-6-8-14-25(20)28/h3-16H,17H2,1-2H3/b23-16+. The lowest BCUT2D eigenvalue weighted by Gasteiger charge is -2.11. The van der Waals surface area contributed by atoms with Crippen molar-refractivity contribution in [1.29, 1.82) is 0 Å². The van der Waals surface area contributed by atoms with Gasteiger partial charge in [0.15, 0.2) is 0 Å². The fourth-order valence-electron chi connectivity index (χ4n) is 4.21. The van der Waals surface area contributed by atoms with E-state index in [-0.39, 0.29) is 5.91 Å². The van der Waals surface area contributed by atoms with Crippen LogP contribution in [0.1, 0.15) is 23.7 Å². The molecule has 4 nitrogen and oxygen atoms in total. The molecule has 0 atom stereocenters. The fourth-order valence-corrected chi connectivity index (χ4v) is 4.41. The average molecular weight is 440 g/mol. The lowest BCUT2D eigenvalue weighted by Crippen LogP contribution is -2.21. The Balaban J connectivity index is 1.60. The SMILES string of the molecule is CC1=NN(c2ccccc2)C(=O)/C1=C/c1c(C)n(Cc2ccccc2Cl)c2ccccc12. The number of hydrogen-bond donors (Lipinski definition) is 0. The van der Waals surface area contributed by atoms with E-state index in [4.69, 9.17) is 11.6 Å². The second kappa shape index (κ2) is 8.13. The van der Waals surface area contributed by atoms with Gasteiger partial charge in [0.1, 0.15) is 0 Å². The minimum absolute atomic E-state index is 0.115. The van der Waals surface area contributed by atoms with Crippen LogP contribution in [0.15, 0.2) is 89.5 Å². The molecule has 0 radical (unpaired) electrons. The first kappa shape index (κ1) is 20.3. The Labute approximate surface area is 192 Å². The van der Waals surface area contributed by atoms with Crippen molar-refractivity contribution >= 4 is 45.9 Å². The van der Waals surface area contributed by atoms with Crippen molar-refractivity contribution in [3.8, 4) is 0 Å². The molecular formula is C27H22ClN3O. The molecule has 0 saturated carbocycles. The van der Waals surface area contributed by atoms with Crippen LogP contribution in [0.25, 0.3) is 17.0 Å². The Morgan fingerprint density at radius 1 is 0.906 bits per heavy atom. The molecular weight excluding hydrogens is 418 g/mol. The van der Waals surface area contributed by atoms with Gasteiger partial charge < -0.3 is 4.57 Å². The lowest BCUT2D eigenvalue weighted by molar-refractivity contribution is -0.114. The number of rotatable bonds is 4. The number of amides is 1. The third-order valence-electron chi connectivity index (χ3n) is 5.92. The van der Waals surface area contributed by atoms with Crippen LogP contribution in [0.4, 0.5) is 5.69 Å². The van der Waals surface area contributed by atoms with Crippen LogP contribution in [0.5, 0.6) is 0 Å². The maximum atomic E-state index is 13.2. The first-order chi connectivity index (χ1) is 15.5. The molecule has 1 aromatic heterocycles. The summed E-state index contributed by atoms with van der Waals surface area (Å²) >= 11 is 6.44. The van der Waals surface area contributed by atoms with E-state index in [0.717, 1.165) is 38.4 Å². The van der Waals surface area contributed by atoms with Crippen molar-refractivity contribution in [2.24, 2.45) is 5.10 Å². The van der Waals surface area contributed by atoms with Crippen molar-refractivity contribution < 1.29 is 4.79 Å². The molecule has 0 saturated heterocycles. The summed E-state index contributed by atoms with van der Waals surface area (Å²) in [6.45, 7) is 4.63. The molecule has 2 heterocycles. The number of halogens is 1. The Hall–Kier alpha value is -3.63. The number of aromatic nitrogens is 1. The lowest BCUT2D eigenvalue weighted by atomic mass is 10.0. The highest BCUT2D eigenvalue weighted by Crippen LogP contribution is 2.32. The van der Waals surface area contributed by atoms with Crippen molar-refractivity contribution in [2.45, 2.75) is 20.4 Å². The third-order valence-corrected chi connectivity index (χ3v) is 6.29. The highest BCUT2D eigenvalue weighted by atomic mass is 35.5. The zero-order chi connectivity index (χ0) is 22.2. The molecule has 158 valence electrons. The van der Waals surface area contributed by atoms with E-state index >= 15 is 0 Å². The summed E-state index contributed by atoms with van der Waals surface area (Å²) in [4.78, 5) is 13.2. The number of benzene rings is 3. The number of carbonyl (C=O) groups excluding carboxylic acids is 1. The summed E-state index contributed by atoms with van der Waals surface area (Å²) < 4.78 is 2.25. The summed E-state index contributed by atoms with van der Waals surface area (Å²) in [6.07, 6.45) is 1.98. The van der Waals surface area contributed by atoms with Gasteiger partial charge in [0.05, 0.1) is 17.0 Å². The van der Waals surface area contributed by atoms with Crippen LogP contribution < -0.4 is 5.01 Å². The number of carbonyl (C=O) groups is 1. The Kier molecular flexibility index (Phi) is 5.16. The topological polar surface area (TPSA) is 37.6 Å². The molecule has 5 rings (SSSR count). The molecule has 32 heavy (non-hydrogen) atoms. The third kappa shape index (κ3) is 3.43. The molecule has 4 aromatic rings. The predicted octanol–water partition coefficient (Wildman–Crippen LogP) is 6.46. The monoisotopic (exact) mass is 439 g/mol. The molecule has 1 aliphatic heterocycles. The smallest absolute Gasteiger partial charge is 0.280 e. The fraction of sp³-hybridized carbons (Fsp3) is 0.111. The molecule has 0 N–H and O–H groups in total. The van der Waals surface area contributed by atoms with Gasteiger partial charge in [-0.2, -0.15) is 10.1 Å². The zero-order valence-electron chi connectivity index (χ0n) is 17.9. The van der Waals surface area contributed by atoms with Gasteiger partial charge in [0, 0.05) is 33.7 Å². The minimum atomic E-state index is -0.115. The van der Waals surface area contributed by atoms with E-state index in [1.165, 1.54) is 5.01 Å². The molecule has 0 fully saturated rings. The maximum Gasteiger partial charge on any atom is 0.280 e. The summed E-state index contributed by atoms with van der Waals surface area (Å²) in [5.41, 5.74) is 6.36. The van der Waals surface area contributed by atoms with Gasteiger partial charge in [-0.1, -0.05) is 66.2 Å². The number of nitrogens with zero attached hydrogens (tertiary/aromatic N) is 3. The number of anilines is 1. The molecule has 0 unspecified atom stereocenters. The van der Waals surface area contributed by atoms with Crippen molar-refractivity contribution in [1.82, 2.24) is 4.57 Å². The van der Waals surface area contributed by atoms with Crippen LogP contribution in [0.2, 0.25) is 5.02 Å². The summed E-state index contributed by atoms with van der Waals surface area (Å²) in [5, 5.41) is 7.84. The van der Waals surface area contributed by atoms with Crippen LogP contribution in [-0.4, -0.2) is 16.2 Å². The van der Waals surface area contributed by atoms with Crippen molar-refractivity contribution in [3.05, 3.63) is 106 Å². The second-order valence-electron chi connectivity index (χ2n) is 7.89. The molecule has 0 aliphatic carbocycles. The first-order valence-corrected chi connectivity index (χ1v) is 10.9. The normalized spacial score (nSPS) is 15.1. The zero-order valence-corrected chi connectivity index (χ0v) is 18.7. The molecule has 0 bridgehead atoms. The van der Waals surface area contributed by atoms with Gasteiger partial charge in [-0.3, -0.25) is 4.79 Å². The largest absolute Gasteiger partial charge is 0.340 e. The first-order valence-electron chi connectivity index (χ1n) is 10.5. The van der Waals surface area contributed by atoms with Gasteiger partial charge >= 0.3 is 0 Å². The summed E-state index contributed by atoms with van der Waals surface area (Å²) in [5.74, 6) is -0.115. The van der Waals surface area contributed by atoms with E-state index in [0.29, 0.717) is 17.8 Å². The second-order valence-corrected chi connectivity index (χ2v) is 8.30. The van der Waals surface area contributed by atoms with Crippen LogP contribution in [-0.2, 0) is 11.3 Å². The van der Waals surface area contributed by atoms with E-state index < -0.39 is 0 Å². The van der Waals surface area contributed by atoms with Gasteiger partial charge in [-0.15, -0.1) is 0 Å². The van der Waals surface area contributed by atoms with E-state index in [1.807, 2.05) is 79.7 Å². The predicted molar refractivity (Wildman–Crippen MR) is 132 cm³/mol. The Morgan fingerprint density at radius 3 is 2.38 bits per heavy atom. The highest BCUT2D eigenvalue weighted by molar-refractivity contribution is 6.32. The quantitative estimate of drug-likeness (QED) is 0.336. The Bertz CT molecular complexity index is 1400. The average Bonchev–Trinajstić information content (AvgIpc) is 3.24. The number of hydrazone groups is 1.